The smallest absolute Gasteiger partial charge is 0.304 e. The zero-order valence-electron chi connectivity index (χ0n) is 11.2. The number of hydrogen-bond acceptors (Lipinski definition) is 4. The first kappa shape index (κ1) is 15.9. The van der Waals surface area contributed by atoms with E-state index in [0.29, 0.717) is 28.7 Å². The largest absolute Gasteiger partial charge is 0.481 e. The second kappa shape index (κ2) is 6.95. The van der Waals surface area contributed by atoms with Gasteiger partial charge in [0.2, 0.25) is 5.89 Å². The van der Waals surface area contributed by atoms with Crippen LogP contribution < -0.4 is 0 Å². The van der Waals surface area contributed by atoms with Gasteiger partial charge in [0, 0.05) is 5.75 Å². The lowest BCUT2D eigenvalue weighted by Gasteiger charge is -1.99. The predicted molar refractivity (Wildman–Crippen MR) is 79.3 cm³/mol. The maximum atomic E-state index is 13.1. The van der Waals surface area contributed by atoms with Crippen LogP contribution in [-0.2, 0) is 11.2 Å². The Labute approximate surface area is 130 Å². The summed E-state index contributed by atoms with van der Waals surface area (Å²) < 4.78 is 18.7. The number of oxazole rings is 1. The molecular formula is C14H13ClFNO3S. The number of aliphatic carboxylic acids is 1. The van der Waals surface area contributed by atoms with Crippen molar-refractivity contribution >= 4 is 29.3 Å². The number of nitrogens with zero attached hydrogens (tertiary/aromatic N) is 1. The predicted octanol–water partition coefficient (Wildman–Crippen LogP) is 4.26. The van der Waals surface area contributed by atoms with Gasteiger partial charge in [-0.25, -0.2) is 9.37 Å². The van der Waals surface area contributed by atoms with Crippen LogP contribution in [0.4, 0.5) is 4.39 Å². The van der Waals surface area contributed by atoms with Crippen LogP contribution in [-0.4, -0.2) is 21.8 Å². The molecule has 4 nitrogen and oxygen atoms in total. The van der Waals surface area contributed by atoms with Crippen molar-refractivity contribution in [2.24, 2.45) is 0 Å². The lowest BCUT2D eigenvalue weighted by atomic mass is 10.2. The molecule has 1 aromatic heterocycles. The molecule has 2 rings (SSSR count). The second-order valence-corrected chi connectivity index (χ2v) is 5.70. The van der Waals surface area contributed by atoms with Crippen molar-refractivity contribution in [2.75, 3.05) is 5.75 Å². The average molecular weight is 330 g/mol. The minimum atomic E-state index is -0.859. The molecule has 1 aromatic carbocycles. The van der Waals surface area contributed by atoms with E-state index in [4.69, 9.17) is 21.1 Å². The zero-order chi connectivity index (χ0) is 15.4. The SMILES string of the molecule is CCc1nc(-c2ccc(F)cc2Cl)oc1SCCC(=O)O. The minimum Gasteiger partial charge on any atom is -0.481 e. The molecule has 1 heterocycles. The normalized spacial score (nSPS) is 10.8. The molecule has 0 amide bonds. The molecule has 2 aromatic rings. The van der Waals surface area contributed by atoms with E-state index in [-0.39, 0.29) is 11.4 Å². The van der Waals surface area contributed by atoms with Crippen molar-refractivity contribution in [1.29, 1.82) is 0 Å². The highest BCUT2D eigenvalue weighted by Gasteiger charge is 2.16. The zero-order valence-corrected chi connectivity index (χ0v) is 12.8. The summed E-state index contributed by atoms with van der Waals surface area (Å²) in [7, 11) is 0. The Morgan fingerprint density at radius 3 is 2.90 bits per heavy atom. The molecule has 7 heteroatoms. The summed E-state index contributed by atoms with van der Waals surface area (Å²) in [4.78, 5) is 14.9. The Hall–Kier alpha value is -1.53. The highest BCUT2D eigenvalue weighted by atomic mass is 35.5. The highest BCUT2D eigenvalue weighted by Crippen LogP contribution is 2.33. The third-order valence-corrected chi connectivity index (χ3v) is 4.01. The van der Waals surface area contributed by atoms with E-state index in [0.717, 1.165) is 5.69 Å². The molecule has 0 unspecified atom stereocenters. The van der Waals surface area contributed by atoms with Crippen LogP contribution in [0.1, 0.15) is 19.0 Å². The standard InChI is InChI=1S/C14H13ClFNO3S/c1-2-11-14(21-6-5-12(18)19)20-13(17-11)9-4-3-8(16)7-10(9)15/h3-4,7H,2,5-6H2,1H3,(H,18,19). The number of hydrogen-bond donors (Lipinski definition) is 1. The van der Waals surface area contributed by atoms with Crippen molar-refractivity contribution in [1.82, 2.24) is 4.98 Å². The Kier molecular flexibility index (Phi) is 5.25. The van der Waals surface area contributed by atoms with Gasteiger partial charge >= 0.3 is 5.97 Å². The monoisotopic (exact) mass is 329 g/mol. The summed E-state index contributed by atoms with van der Waals surface area (Å²) >= 11 is 7.29. The lowest BCUT2D eigenvalue weighted by molar-refractivity contribution is -0.136. The van der Waals surface area contributed by atoms with Gasteiger partial charge in [0.1, 0.15) is 5.82 Å². The van der Waals surface area contributed by atoms with E-state index < -0.39 is 11.8 Å². The van der Waals surface area contributed by atoms with Crippen LogP contribution in [0.25, 0.3) is 11.5 Å². The van der Waals surface area contributed by atoms with Crippen LogP contribution in [0, 0.1) is 5.82 Å². The van der Waals surface area contributed by atoms with Crippen LogP contribution in [0.2, 0.25) is 5.02 Å². The number of aromatic nitrogens is 1. The number of rotatable bonds is 6. The van der Waals surface area contributed by atoms with Gasteiger partial charge in [0.05, 0.1) is 22.7 Å². The third kappa shape index (κ3) is 3.98. The maximum absolute atomic E-state index is 13.1. The Morgan fingerprint density at radius 1 is 1.52 bits per heavy atom. The fourth-order valence-corrected chi connectivity index (χ4v) is 2.89. The van der Waals surface area contributed by atoms with Crippen LogP contribution in [0.5, 0.6) is 0 Å². The van der Waals surface area contributed by atoms with Gasteiger partial charge in [-0.2, -0.15) is 0 Å². The van der Waals surface area contributed by atoms with Gasteiger partial charge in [-0.1, -0.05) is 30.3 Å². The number of thioether (sulfide) groups is 1. The van der Waals surface area contributed by atoms with Crippen LogP contribution in [0.3, 0.4) is 0 Å². The Morgan fingerprint density at radius 2 is 2.29 bits per heavy atom. The molecular weight excluding hydrogens is 317 g/mol. The Bertz CT molecular complexity index is 660. The first-order valence-electron chi connectivity index (χ1n) is 6.31. The molecule has 1 N–H and O–H groups in total. The van der Waals surface area contributed by atoms with E-state index in [2.05, 4.69) is 4.98 Å². The average Bonchev–Trinajstić information content (AvgIpc) is 2.81. The van der Waals surface area contributed by atoms with Crippen molar-refractivity contribution < 1.29 is 18.7 Å². The van der Waals surface area contributed by atoms with Gasteiger partial charge in [0.25, 0.3) is 0 Å². The molecule has 0 fully saturated rings. The first-order chi connectivity index (χ1) is 10.0. The summed E-state index contributed by atoms with van der Waals surface area (Å²) in [5.74, 6) is -0.577. The van der Waals surface area contributed by atoms with E-state index in [1.165, 1.54) is 30.0 Å². The number of aryl methyl sites for hydroxylation is 1. The van der Waals surface area contributed by atoms with Gasteiger partial charge in [-0.05, 0) is 24.6 Å². The van der Waals surface area contributed by atoms with E-state index in [9.17, 15) is 9.18 Å². The number of carboxylic acid groups (broad SMARTS) is 1. The molecule has 0 saturated heterocycles. The van der Waals surface area contributed by atoms with Crippen LogP contribution >= 0.6 is 23.4 Å². The molecule has 0 saturated carbocycles. The van der Waals surface area contributed by atoms with Crippen molar-refractivity contribution in [3.63, 3.8) is 0 Å². The lowest BCUT2D eigenvalue weighted by Crippen LogP contribution is -1.95. The molecule has 0 atom stereocenters. The third-order valence-electron chi connectivity index (χ3n) is 2.71. The molecule has 0 bridgehead atoms. The Balaban J connectivity index is 2.25. The van der Waals surface area contributed by atoms with Crippen LogP contribution in [0.15, 0.2) is 27.7 Å². The van der Waals surface area contributed by atoms with Gasteiger partial charge in [-0.15, -0.1) is 0 Å². The number of carbonyl (C=O) groups is 1. The topological polar surface area (TPSA) is 63.3 Å². The molecule has 0 aliphatic heterocycles. The molecule has 21 heavy (non-hydrogen) atoms. The fraction of sp³-hybridized carbons (Fsp3) is 0.286. The fourth-order valence-electron chi connectivity index (χ4n) is 1.68. The summed E-state index contributed by atoms with van der Waals surface area (Å²) in [6, 6.07) is 3.99. The van der Waals surface area contributed by atoms with Gasteiger partial charge in [0.15, 0.2) is 5.09 Å². The van der Waals surface area contributed by atoms with E-state index in [1.807, 2.05) is 6.92 Å². The summed E-state index contributed by atoms with van der Waals surface area (Å²) in [5.41, 5.74) is 1.25. The maximum Gasteiger partial charge on any atom is 0.304 e. The molecule has 112 valence electrons. The van der Waals surface area contributed by atoms with Crippen molar-refractivity contribution in [3.8, 4) is 11.5 Å². The van der Waals surface area contributed by atoms with Crippen molar-refractivity contribution in [2.45, 2.75) is 24.9 Å². The summed E-state index contributed by atoms with van der Waals surface area (Å²) in [6.07, 6.45) is 0.693. The molecule has 0 radical (unpaired) electrons. The van der Waals surface area contributed by atoms with E-state index >= 15 is 0 Å². The highest BCUT2D eigenvalue weighted by molar-refractivity contribution is 7.99. The number of benzene rings is 1. The first-order valence-corrected chi connectivity index (χ1v) is 7.67. The minimum absolute atomic E-state index is 0.0428. The van der Waals surface area contributed by atoms with Gasteiger partial charge in [-0.3, -0.25) is 4.79 Å². The summed E-state index contributed by atoms with van der Waals surface area (Å²) in [5, 5.41) is 9.45. The molecule has 0 aliphatic rings. The molecule has 0 spiro atoms. The van der Waals surface area contributed by atoms with E-state index in [1.54, 1.807) is 0 Å². The number of halogens is 2. The number of carboxylic acids is 1. The second-order valence-electron chi connectivity index (χ2n) is 4.22. The summed E-state index contributed by atoms with van der Waals surface area (Å²) in [6.45, 7) is 1.93. The molecule has 0 aliphatic carbocycles. The quantitative estimate of drug-likeness (QED) is 0.802. The van der Waals surface area contributed by atoms with Crippen molar-refractivity contribution in [3.05, 3.63) is 34.7 Å². The van der Waals surface area contributed by atoms with Gasteiger partial charge < -0.3 is 9.52 Å².